The SMILES string of the molecule is CC[C@H]1c2cccn2CCN1C(=O)c1nnc2nc(C)ccn12. The lowest BCUT2D eigenvalue weighted by Gasteiger charge is -2.36. The molecule has 0 fully saturated rings. The van der Waals surface area contributed by atoms with Crippen LogP contribution in [0, 0.1) is 6.92 Å². The van der Waals surface area contributed by atoms with E-state index in [0.717, 1.165) is 18.7 Å². The summed E-state index contributed by atoms with van der Waals surface area (Å²) in [5.41, 5.74) is 2.03. The molecule has 0 N–H and O–H groups in total. The summed E-state index contributed by atoms with van der Waals surface area (Å²) in [6.07, 6.45) is 4.74. The van der Waals surface area contributed by atoms with E-state index in [1.54, 1.807) is 10.6 Å². The first-order valence-corrected chi connectivity index (χ1v) is 7.83. The van der Waals surface area contributed by atoms with E-state index in [-0.39, 0.29) is 11.9 Å². The summed E-state index contributed by atoms with van der Waals surface area (Å²) in [5.74, 6) is 0.690. The Balaban J connectivity index is 1.73. The lowest BCUT2D eigenvalue weighted by molar-refractivity contribution is 0.0603. The van der Waals surface area contributed by atoms with Crippen LogP contribution in [-0.4, -0.2) is 41.5 Å². The van der Waals surface area contributed by atoms with Gasteiger partial charge in [-0.05, 0) is 31.5 Å². The monoisotopic (exact) mass is 310 g/mol. The molecule has 1 aliphatic heterocycles. The van der Waals surface area contributed by atoms with Gasteiger partial charge in [-0.3, -0.25) is 9.20 Å². The first-order valence-electron chi connectivity index (χ1n) is 7.83. The van der Waals surface area contributed by atoms with Gasteiger partial charge in [0.15, 0.2) is 0 Å². The van der Waals surface area contributed by atoms with E-state index in [2.05, 4.69) is 38.9 Å². The van der Waals surface area contributed by atoms with Crippen LogP contribution in [0.2, 0.25) is 0 Å². The molecule has 0 aromatic carbocycles. The highest BCUT2D eigenvalue weighted by Gasteiger charge is 2.32. The average molecular weight is 310 g/mol. The quantitative estimate of drug-likeness (QED) is 0.724. The number of amides is 1. The molecule has 1 amide bonds. The smallest absolute Gasteiger partial charge is 0.292 e. The van der Waals surface area contributed by atoms with E-state index in [1.165, 1.54) is 5.69 Å². The van der Waals surface area contributed by atoms with Crippen LogP contribution < -0.4 is 0 Å². The summed E-state index contributed by atoms with van der Waals surface area (Å²) in [6.45, 7) is 5.47. The van der Waals surface area contributed by atoms with Gasteiger partial charge in [0.05, 0.1) is 6.04 Å². The van der Waals surface area contributed by atoms with Gasteiger partial charge in [0.25, 0.3) is 11.7 Å². The molecule has 7 nitrogen and oxygen atoms in total. The zero-order valence-corrected chi connectivity index (χ0v) is 13.2. The van der Waals surface area contributed by atoms with Crippen LogP contribution in [-0.2, 0) is 6.54 Å². The fourth-order valence-electron chi connectivity index (χ4n) is 3.29. The molecule has 4 rings (SSSR count). The van der Waals surface area contributed by atoms with Crippen LogP contribution in [0.3, 0.4) is 0 Å². The number of aryl methyl sites for hydroxylation is 1. The second kappa shape index (κ2) is 5.19. The standard InChI is InChI=1S/C16H18N6O/c1-3-12-13-5-4-7-20(13)9-10-21(12)15(23)14-18-19-16-17-11(2)6-8-22(14)16/h4-8,12H,3,9-10H2,1-2H3/t12-/m0/s1. The zero-order valence-electron chi connectivity index (χ0n) is 13.2. The number of carbonyl (C=O) groups excluding carboxylic acids is 1. The van der Waals surface area contributed by atoms with Crippen molar-refractivity contribution >= 4 is 11.7 Å². The Morgan fingerprint density at radius 3 is 2.96 bits per heavy atom. The molecule has 0 saturated heterocycles. The van der Waals surface area contributed by atoms with Gasteiger partial charge in [0, 0.05) is 36.9 Å². The number of carbonyl (C=O) groups is 1. The van der Waals surface area contributed by atoms with Crippen molar-refractivity contribution in [1.29, 1.82) is 0 Å². The maximum absolute atomic E-state index is 13.0. The number of aromatic nitrogens is 5. The Morgan fingerprint density at radius 1 is 1.26 bits per heavy atom. The number of hydrogen-bond donors (Lipinski definition) is 0. The molecule has 0 aliphatic carbocycles. The molecule has 0 spiro atoms. The van der Waals surface area contributed by atoms with Crippen molar-refractivity contribution in [3.05, 3.63) is 47.8 Å². The molecule has 0 radical (unpaired) electrons. The first-order chi connectivity index (χ1) is 11.2. The molecule has 4 heterocycles. The summed E-state index contributed by atoms with van der Waals surface area (Å²) in [4.78, 5) is 19.2. The predicted octanol–water partition coefficient (Wildman–Crippen LogP) is 1.84. The third-order valence-electron chi connectivity index (χ3n) is 4.42. The van der Waals surface area contributed by atoms with Crippen molar-refractivity contribution in [3.8, 4) is 0 Å². The Labute approximate surface area is 133 Å². The van der Waals surface area contributed by atoms with Crippen LogP contribution >= 0.6 is 0 Å². The molecule has 23 heavy (non-hydrogen) atoms. The first kappa shape index (κ1) is 13.9. The van der Waals surface area contributed by atoms with Crippen molar-refractivity contribution in [3.63, 3.8) is 0 Å². The topological polar surface area (TPSA) is 68.3 Å². The van der Waals surface area contributed by atoms with E-state index in [4.69, 9.17) is 0 Å². The fraction of sp³-hybridized carbons (Fsp3) is 0.375. The van der Waals surface area contributed by atoms with Gasteiger partial charge in [-0.2, -0.15) is 0 Å². The maximum Gasteiger partial charge on any atom is 0.292 e. The van der Waals surface area contributed by atoms with Crippen molar-refractivity contribution < 1.29 is 4.79 Å². The molecular formula is C16H18N6O. The molecule has 1 atom stereocenters. The van der Waals surface area contributed by atoms with E-state index in [0.29, 0.717) is 18.1 Å². The van der Waals surface area contributed by atoms with Gasteiger partial charge >= 0.3 is 0 Å². The Bertz CT molecular complexity index is 880. The highest BCUT2D eigenvalue weighted by atomic mass is 16.2. The second-order valence-electron chi connectivity index (χ2n) is 5.81. The van der Waals surface area contributed by atoms with Gasteiger partial charge in [0.1, 0.15) is 0 Å². The minimum Gasteiger partial charge on any atom is -0.348 e. The Morgan fingerprint density at radius 2 is 2.13 bits per heavy atom. The molecular weight excluding hydrogens is 292 g/mol. The highest BCUT2D eigenvalue weighted by molar-refractivity contribution is 5.91. The van der Waals surface area contributed by atoms with E-state index in [1.807, 2.05) is 24.0 Å². The number of nitrogens with zero attached hydrogens (tertiary/aromatic N) is 6. The van der Waals surface area contributed by atoms with Crippen molar-refractivity contribution in [2.45, 2.75) is 32.9 Å². The van der Waals surface area contributed by atoms with E-state index >= 15 is 0 Å². The normalized spacial score (nSPS) is 17.5. The molecule has 1 aliphatic rings. The summed E-state index contributed by atoms with van der Waals surface area (Å²) in [7, 11) is 0. The summed E-state index contributed by atoms with van der Waals surface area (Å²) >= 11 is 0. The summed E-state index contributed by atoms with van der Waals surface area (Å²) in [5, 5.41) is 8.11. The van der Waals surface area contributed by atoms with Crippen LogP contribution in [0.5, 0.6) is 0 Å². The molecule has 118 valence electrons. The number of fused-ring (bicyclic) bond motifs is 2. The number of hydrogen-bond acceptors (Lipinski definition) is 4. The van der Waals surface area contributed by atoms with Crippen LogP contribution in [0.25, 0.3) is 5.78 Å². The van der Waals surface area contributed by atoms with Crippen LogP contribution in [0.4, 0.5) is 0 Å². The maximum atomic E-state index is 13.0. The largest absolute Gasteiger partial charge is 0.348 e. The van der Waals surface area contributed by atoms with Gasteiger partial charge in [0.2, 0.25) is 5.82 Å². The van der Waals surface area contributed by atoms with Crippen molar-refractivity contribution in [2.75, 3.05) is 6.54 Å². The number of rotatable bonds is 2. The van der Waals surface area contributed by atoms with Gasteiger partial charge in [-0.1, -0.05) is 6.92 Å². The minimum absolute atomic E-state index is 0.0667. The predicted molar refractivity (Wildman–Crippen MR) is 84.0 cm³/mol. The molecule has 3 aromatic heterocycles. The second-order valence-corrected chi connectivity index (χ2v) is 5.81. The third kappa shape index (κ3) is 2.11. The Hall–Kier alpha value is -2.70. The fourth-order valence-corrected chi connectivity index (χ4v) is 3.29. The molecule has 0 unspecified atom stereocenters. The van der Waals surface area contributed by atoms with Crippen molar-refractivity contribution in [2.24, 2.45) is 0 Å². The molecule has 3 aromatic rings. The van der Waals surface area contributed by atoms with E-state index in [9.17, 15) is 4.79 Å². The van der Waals surface area contributed by atoms with Gasteiger partial charge in [-0.15, -0.1) is 10.2 Å². The summed E-state index contributed by atoms with van der Waals surface area (Å²) < 4.78 is 3.88. The molecule has 0 saturated carbocycles. The van der Waals surface area contributed by atoms with Gasteiger partial charge < -0.3 is 9.47 Å². The van der Waals surface area contributed by atoms with Gasteiger partial charge in [-0.25, -0.2) is 4.98 Å². The average Bonchev–Trinajstić information content (AvgIpc) is 3.19. The third-order valence-corrected chi connectivity index (χ3v) is 4.42. The molecule has 0 bridgehead atoms. The van der Waals surface area contributed by atoms with E-state index < -0.39 is 0 Å². The Kier molecular flexibility index (Phi) is 3.14. The van der Waals surface area contributed by atoms with Crippen molar-refractivity contribution in [1.82, 2.24) is 29.0 Å². The van der Waals surface area contributed by atoms with Crippen LogP contribution in [0.1, 0.15) is 41.4 Å². The molecule has 7 heteroatoms. The zero-order chi connectivity index (χ0) is 16.0. The minimum atomic E-state index is -0.0950. The van der Waals surface area contributed by atoms with Crippen LogP contribution in [0.15, 0.2) is 30.6 Å². The lowest BCUT2D eigenvalue weighted by Crippen LogP contribution is -2.42. The summed E-state index contributed by atoms with van der Waals surface area (Å²) in [6, 6.07) is 6.04. The highest BCUT2D eigenvalue weighted by Crippen LogP contribution is 2.29. The lowest BCUT2D eigenvalue weighted by atomic mass is 10.1.